The number of nitrogens with two attached hydrogens (primary N) is 1. The summed E-state index contributed by atoms with van der Waals surface area (Å²) in [7, 11) is 0. The van der Waals surface area contributed by atoms with Crippen LogP contribution >= 0.6 is 0 Å². The normalized spacial score (nSPS) is 13.0. The molecule has 2 N–H and O–H groups in total. The van der Waals surface area contributed by atoms with E-state index in [9.17, 15) is 4.79 Å². The maximum absolute atomic E-state index is 10.5. The summed E-state index contributed by atoms with van der Waals surface area (Å²) in [5, 5.41) is 0. The van der Waals surface area contributed by atoms with Gasteiger partial charge in [-0.3, -0.25) is 4.79 Å². The maximum atomic E-state index is 10.5. The van der Waals surface area contributed by atoms with Gasteiger partial charge in [-0.25, -0.2) is 0 Å². The molecule has 0 aromatic heterocycles. The van der Waals surface area contributed by atoms with Crippen LogP contribution in [0.5, 0.6) is 0 Å². The Kier molecular flexibility index (Phi) is 4.99. The molecule has 0 unspecified atom stereocenters. The van der Waals surface area contributed by atoms with Gasteiger partial charge in [0.15, 0.2) is 0 Å². The van der Waals surface area contributed by atoms with Crippen molar-refractivity contribution < 1.29 is 4.79 Å². The van der Waals surface area contributed by atoms with Crippen LogP contribution in [0.4, 0.5) is 0 Å². The van der Waals surface area contributed by atoms with E-state index in [1.807, 2.05) is 6.92 Å². The second-order valence-electron chi connectivity index (χ2n) is 2.80. The van der Waals surface area contributed by atoms with E-state index in [-0.39, 0.29) is 11.8 Å². The third-order valence-electron chi connectivity index (χ3n) is 1.73. The number of unbranched alkanes of at least 4 members (excludes halogenated alkanes) is 2. The average molecular weight is 143 g/mol. The Labute approximate surface area is 62.8 Å². The number of hydrogen-bond donors (Lipinski definition) is 1. The lowest BCUT2D eigenvalue weighted by atomic mass is 10.0. The molecule has 0 heterocycles. The minimum atomic E-state index is -0.170. The summed E-state index contributed by atoms with van der Waals surface area (Å²) in [6.45, 7) is 4.03. The predicted octanol–water partition coefficient (Wildman–Crippen LogP) is 1.69. The van der Waals surface area contributed by atoms with Crippen LogP contribution in [0, 0.1) is 5.92 Å². The van der Waals surface area contributed by atoms with Crippen LogP contribution in [0.1, 0.15) is 39.5 Å². The Morgan fingerprint density at radius 1 is 1.50 bits per heavy atom. The highest BCUT2D eigenvalue weighted by atomic mass is 16.1. The smallest absolute Gasteiger partial charge is 0.220 e. The van der Waals surface area contributed by atoms with E-state index < -0.39 is 0 Å². The highest BCUT2D eigenvalue weighted by Crippen LogP contribution is 2.07. The lowest BCUT2D eigenvalue weighted by Gasteiger charge is -2.04. The minimum Gasteiger partial charge on any atom is -0.369 e. The number of carbonyl (C=O) groups is 1. The number of rotatable bonds is 5. The van der Waals surface area contributed by atoms with Gasteiger partial charge in [-0.2, -0.15) is 0 Å². The molecule has 0 saturated carbocycles. The number of hydrogen-bond acceptors (Lipinski definition) is 1. The van der Waals surface area contributed by atoms with Gasteiger partial charge in [-0.05, 0) is 6.42 Å². The summed E-state index contributed by atoms with van der Waals surface area (Å²) < 4.78 is 0. The van der Waals surface area contributed by atoms with Gasteiger partial charge in [0.05, 0.1) is 0 Å². The van der Waals surface area contributed by atoms with Crippen molar-refractivity contribution in [3.8, 4) is 0 Å². The zero-order valence-corrected chi connectivity index (χ0v) is 6.89. The molecule has 0 aliphatic heterocycles. The molecule has 0 aromatic rings. The van der Waals surface area contributed by atoms with Gasteiger partial charge >= 0.3 is 0 Å². The van der Waals surface area contributed by atoms with E-state index in [1.54, 1.807) is 0 Å². The highest BCUT2D eigenvalue weighted by molar-refractivity contribution is 5.76. The minimum absolute atomic E-state index is 0.0616. The van der Waals surface area contributed by atoms with Crippen molar-refractivity contribution in [3.63, 3.8) is 0 Å². The third-order valence-corrected chi connectivity index (χ3v) is 1.73. The van der Waals surface area contributed by atoms with Crippen LogP contribution in [0.15, 0.2) is 0 Å². The largest absolute Gasteiger partial charge is 0.369 e. The third kappa shape index (κ3) is 4.36. The first-order valence-electron chi connectivity index (χ1n) is 3.97. The van der Waals surface area contributed by atoms with Crippen LogP contribution in [-0.4, -0.2) is 5.91 Å². The molecule has 2 nitrogen and oxygen atoms in total. The molecule has 60 valence electrons. The zero-order valence-electron chi connectivity index (χ0n) is 6.89. The number of amides is 1. The molecule has 0 spiro atoms. The summed E-state index contributed by atoms with van der Waals surface area (Å²) in [4.78, 5) is 10.5. The van der Waals surface area contributed by atoms with E-state index in [0.29, 0.717) is 0 Å². The molecule has 1 amide bonds. The van der Waals surface area contributed by atoms with Crippen LogP contribution in [0.25, 0.3) is 0 Å². The fraction of sp³-hybridized carbons (Fsp3) is 0.875. The Balaban J connectivity index is 3.21. The van der Waals surface area contributed by atoms with E-state index in [0.717, 1.165) is 12.8 Å². The molecule has 10 heavy (non-hydrogen) atoms. The van der Waals surface area contributed by atoms with Crippen molar-refractivity contribution >= 4 is 5.91 Å². The predicted molar refractivity (Wildman–Crippen MR) is 42.5 cm³/mol. The van der Waals surface area contributed by atoms with Gasteiger partial charge in [0.25, 0.3) is 0 Å². The molecule has 0 aliphatic rings. The lowest BCUT2D eigenvalue weighted by Crippen LogP contribution is -2.20. The standard InChI is InChI=1S/C8H17NO/c1-3-4-5-6-7(2)8(9)10/h7H,3-6H2,1-2H3,(H2,9,10)/t7-/m1/s1. The van der Waals surface area contributed by atoms with Crippen molar-refractivity contribution in [1.29, 1.82) is 0 Å². The van der Waals surface area contributed by atoms with Crippen molar-refractivity contribution in [1.82, 2.24) is 0 Å². The number of primary amides is 1. The van der Waals surface area contributed by atoms with Gasteiger partial charge < -0.3 is 5.73 Å². The SMILES string of the molecule is CCCCC[C@@H](C)C(N)=O. The van der Waals surface area contributed by atoms with Gasteiger partial charge in [0.2, 0.25) is 5.91 Å². The summed E-state index contributed by atoms with van der Waals surface area (Å²) in [6.07, 6.45) is 4.48. The van der Waals surface area contributed by atoms with Gasteiger partial charge in [-0.1, -0.05) is 33.1 Å². The molecule has 0 saturated heterocycles. The summed E-state index contributed by atoms with van der Waals surface area (Å²) in [5.41, 5.74) is 5.08. The van der Waals surface area contributed by atoms with Crippen molar-refractivity contribution in [3.05, 3.63) is 0 Å². The van der Waals surface area contributed by atoms with Crippen LogP contribution in [0.3, 0.4) is 0 Å². The topological polar surface area (TPSA) is 43.1 Å². The van der Waals surface area contributed by atoms with Gasteiger partial charge in [0, 0.05) is 5.92 Å². The molecule has 0 bridgehead atoms. The molecular weight excluding hydrogens is 126 g/mol. The molecule has 0 rings (SSSR count). The first-order chi connectivity index (χ1) is 4.68. The van der Waals surface area contributed by atoms with E-state index in [1.165, 1.54) is 12.8 Å². The Morgan fingerprint density at radius 2 is 2.10 bits per heavy atom. The quantitative estimate of drug-likeness (QED) is 0.585. The van der Waals surface area contributed by atoms with Crippen molar-refractivity contribution in [2.75, 3.05) is 0 Å². The Hall–Kier alpha value is -0.530. The highest BCUT2D eigenvalue weighted by Gasteiger charge is 2.06. The molecule has 0 aliphatic carbocycles. The summed E-state index contributed by atoms with van der Waals surface area (Å²) in [5.74, 6) is -0.109. The lowest BCUT2D eigenvalue weighted by molar-refractivity contribution is -0.121. The Bertz CT molecular complexity index is 101. The first kappa shape index (κ1) is 9.47. The van der Waals surface area contributed by atoms with Gasteiger partial charge in [0.1, 0.15) is 0 Å². The van der Waals surface area contributed by atoms with E-state index in [4.69, 9.17) is 5.73 Å². The van der Waals surface area contributed by atoms with Gasteiger partial charge in [-0.15, -0.1) is 0 Å². The molecule has 2 heteroatoms. The fourth-order valence-corrected chi connectivity index (χ4v) is 0.843. The summed E-state index contributed by atoms with van der Waals surface area (Å²) >= 11 is 0. The van der Waals surface area contributed by atoms with Crippen LogP contribution in [-0.2, 0) is 4.79 Å². The van der Waals surface area contributed by atoms with Crippen molar-refractivity contribution in [2.45, 2.75) is 39.5 Å². The number of carbonyl (C=O) groups excluding carboxylic acids is 1. The second kappa shape index (κ2) is 5.27. The average Bonchev–Trinajstić information content (AvgIpc) is 1.88. The van der Waals surface area contributed by atoms with E-state index in [2.05, 4.69) is 6.92 Å². The van der Waals surface area contributed by atoms with Crippen LogP contribution < -0.4 is 5.73 Å². The monoisotopic (exact) mass is 143 g/mol. The molecular formula is C8H17NO. The molecule has 0 fully saturated rings. The molecule has 0 aromatic carbocycles. The van der Waals surface area contributed by atoms with E-state index >= 15 is 0 Å². The maximum Gasteiger partial charge on any atom is 0.220 e. The van der Waals surface area contributed by atoms with Crippen molar-refractivity contribution in [2.24, 2.45) is 11.7 Å². The Morgan fingerprint density at radius 3 is 2.50 bits per heavy atom. The second-order valence-corrected chi connectivity index (χ2v) is 2.80. The summed E-state index contributed by atoms with van der Waals surface area (Å²) in [6, 6.07) is 0. The molecule has 0 radical (unpaired) electrons. The molecule has 1 atom stereocenters. The first-order valence-corrected chi connectivity index (χ1v) is 3.97. The fourth-order valence-electron chi connectivity index (χ4n) is 0.843. The van der Waals surface area contributed by atoms with Crippen LogP contribution in [0.2, 0.25) is 0 Å². The zero-order chi connectivity index (χ0) is 7.98.